The molecule has 0 saturated carbocycles. The molecule has 0 aliphatic carbocycles. The van der Waals surface area contributed by atoms with Gasteiger partial charge in [0.25, 0.3) is 0 Å². The lowest BCUT2D eigenvalue weighted by atomic mass is 10.0. The summed E-state index contributed by atoms with van der Waals surface area (Å²) in [5.41, 5.74) is 8.75. The smallest absolute Gasteiger partial charge is 0.124 e. The van der Waals surface area contributed by atoms with Gasteiger partial charge in [0.1, 0.15) is 5.84 Å². The number of nitrogens with one attached hydrogen (secondary N) is 1. The minimum Gasteiger partial charge on any atom is -0.384 e. The number of hydrogen-bond donors (Lipinski definition) is 2. The number of hydrogen-bond acceptors (Lipinski definition) is 3. The van der Waals surface area contributed by atoms with Crippen molar-refractivity contribution in [3.63, 3.8) is 0 Å². The highest BCUT2D eigenvalue weighted by Gasteiger charge is 2.21. The molecule has 1 aromatic carbocycles. The van der Waals surface area contributed by atoms with Crippen molar-refractivity contribution < 1.29 is 0 Å². The van der Waals surface area contributed by atoms with Crippen molar-refractivity contribution in [3.05, 3.63) is 29.3 Å². The van der Waals surface area contributed by atoms with Crippen LogP contribution in [0.1, 0.15) is 17.5 Å². The molecule has 1 aliphatic heterocycles. The van der Waals surface area contributed by atoms with E-state index in [0.717, 1.165) is 29.9 Å². The van der Waals surface area contributed by atoms with E-state index in [2.05, 4.69) is 36.0 Å². The lowest BCUT2D eigenvalue weighted by Crippen LogP contribution is -2.29. The summed E-state index contributed by atoms with van der Waals surface area (Å²) in [4.78, 5) is 4.61. The molecule has 1 atom stereocenters. The second kappa shape index (κ2) is 5.61. The molecule has 1 fully saturated rings. The summed E-state index contributed by atoms with van der Waals surface area (Å²) < 4.78 is 0. The van der Waals surface area contributed by atoms with Crippen molar-refractivity contribution in [1.29, 1.82) is 5.41 Å². The van der Waals surface area contributed by atoms with Crippen LogP contribution in [0.2, 0.25) is 0 Å². The summed E-state index contributed by atoms with van der Waals surface area (Å²) in [5, 5.41) is 7.73. The molecule has 1 heterocycles. The highest BCUT2D eigenvalue weighted by Crippen LogP contribution is 2.23. The van der Waals surface area contributed by atoms with Crippen LogP contribution >= 0.6 is 0 Å². The van der Waals surface area contributed by atoms with Gasteiger partial charge in [-0.25, -0.2) is 0 Å². The second-order valence-corrected chi connectivity index (χ2v) is 5.73. The van der Waals surface area contributed by atoms with Crippen molar-refractivity contribution in [2.75, 3.05) is 38.6 Å². The van der Waals surface area contributed by atoms with Crippen LogP contribution in [-0.2, 0) is 0 Å². The highest BCUT2D eigenvalue weighted by molar-refractivity contribution is 6.00. The van der Waals surface area contributed by atoms with Crippen molar-refractivity contribution in [3.8, 4) is 0 Å². The Kier molecular flexibility index (Phi) is 4.10. The zero-order chi connectivity index (χ0) is 14.0. The number of likely N-dealkylation sites (tertiary alicyclic amines) is 1. The van der Waals surface area contributed by atoms with Gasteiger partial charge in [0.15, 0.2) is 0 Å². The Bertz CT molecular complexity index is 469. The lowest BCUT2D eigenvalue weighted by Gasteiger charge is -2.25. The van der Waals surface area contributed by atoms with Crippen LogP contribution in [0.3, 0.4) is 0 Å². The topological polar surface area (TPSA) is 56.4 Å². The van der Waals surface area contributed by atoms with Crippen LogP contribution < -0.4 is 10.6 Å². The molecular formula is C15H24N4. The Labute approximate surface area is 115 Å². The molecule has 0 radical (unpaired) electrons. The first-order valence-electron chi connectivity index (χ1n) is 6.82. The Hall–Kier alpha value is -1.55. The first-order valence-corrected chi connectivity index (χ1v) is 6.82. The molecule has 1 unspecified atom stereocenters. The monoisotopic (exact) mass is 260 g/mol. The fraction of sp³-hybridized carbons (Fsp3) is 0.533. The number of nitrogen functional groups attached to an aromatic ring is 1. The molecule has 19 heavy (non-hydrogen) atoms. The average Bonchev–Trinajstić information content (AvgIpc) is 2.74. The lowest BCUT2D eigenvalue weighted by molar-refractivity contribution is 0.396. The van der Waals surface area contributed by atoms with Gasteiger partial charge in [0, 0.05) is 31.4 Å². The van der Waals surface area contributed by atoms with Gasteiger partial charge in [-0.2, -0.15) is 0 Å². The Morgan fingerprint density at radius 3 is 2.84 bits per heavy atom. The predicted octanol–water partition coefficient (Wildman–Crippen LogP) is 1.67. The van der Waals surface area contributed by atoms with Gasteiger partial charge < -0.3 is 15.5 Å². The fourth-order valence-corrected chi connectivity index (χ4v) is 2.86. The average molecular weight is 260 g/mol. The van der Waals surface area contributed by atoms with Crippen LogP contribution in [0.15, 0.2) is 18.2 Å². The molecule has 4 heteroatoms. The van der Waals surface area contributed by atoms with Gasteiger partial charge in [0.05, 0.1) is 0 Å². The third kappa shape index (κ3) is 3.26. The SMILES string of the molecule is Cc1ccc(N(C)CC2CCN(C)C2)c(C(=N)N)c1. The molecule has 0 aromatic heterocycles. The van der Waals surface area contributed by atoms with Crippen molar-refractivity contribution in [2.45, 2.75) is 13.3 Å². The zero-order valence-electron chi connectivity index (χ0n) is 12.1. The van der Waals surface area contributed by atoms with E-state index in [1.807, 2.05) is 13.0 Å². The molecule has 1 saturated heterocycles. The molecule has 1 aliphatic rings. The Morgan fingerprint density at radius 2 is 2.26 bits per heavy atom. The van der Waals surface area contributed by atoms with Crippen LogP contribution in [0.25, 0.3) is 0 Å². The van der Waals surface area contributed by atoms with E-state index in [-0.39, 0.29) is 5.84 Å². The molecule has 4 nitrogen and oxygen atoms in total. The summed E-state index contributed by atoms with van der Waals surface area (Å²) in [7, 11) is 4.27. The summed E-state index contributed by atoms with van der Waals surface area (Å²) in [6.07, 6.45) is 1.25. The number of benzene rings is 1. The normalized spacial score (nSPS) is 19.6. The quantitative estimate of drug-likeness (QED) is 0.639. The second-order valence-electron chi connectivity index (χ2n) is 5.73. The summed E-state index contributed by atoms with van der Waals surface area (Å²) in [5.74, 6) is 0.852. The number of rotatable bonds is 4. The maximum atomic E-state index is 7.73. The third-order valence-electron chi connectivity index (χ3n) is 3.87. The molecule has 0 amide bonds. The van der Waals surface area contributed by atoms with Crippen molar-refractivity contribution in [1.82, 2.24) is 4.90 Å². The van der Waals surface area contributed by atoms with Crippen LogP contribution in [0.4, 0.5) is 5.69 Å². The molecular weight excluding hydrogens is 236 g/mol. The summed E-state index contributed by atoms with van der Waals surface area (Å²) >= 11 is 0. The minimum absolute atomic E-state index is 0.147. The van der Waals surface area contributed by atoms with Crippen LogP contribution in [-0.4, -0.2) is 44.5 Å². The number of amidine groups is 1. The standard InChI is InChI=1S/C15H24N4/c1-11-4-5-14(13(8-11)15(16)17)19(3)10-12-6-7-18(2)9-12/h4-5,8,12H,6-7,9-10H2,1-3H3,(H3,16,17). The van der Waals surface area contributed by atoms with Gasteiger partial charge >= 0.3 is 0 Å². The predicted molar refractivity (Wildman–Crippen MR) is 81.1 cm³/mol. The molecule has 0 bridgehead atoms. The highest BCUT2D eigenvalue weighted by atomic mass is 15.2. The van der Waals surface area contributed by atoms with Crippen LogP contribution in [0, 0.1) is 18.3 Å². The van der Waals surface area contributed by atoms with E-state index in [9.17, 15) is 0 Å². The van der Waals surface area contributed by atoms with Crippen LogP contribution in [0.5, 0.6) is 0 Å². The van der Waals surface area contributed by atoms with Gasteiger partial charge in [0.2, 0.25) is 0 Å². The zero-order valence-corrected chi connectivity index (χ0v) is 12.1. The van der Waals surface area contributed by atoms with Gasteiger partial charge in [-0.1, -0.05) is 11.6 Å². The number of nitrogens with zero attached hydrogens (tertiary/aromatic N) is 2. The number of anilines is 1. The van der Waals surface area contributed by atoms with E-state index < -0.39 is 0 Å². The van der Waals surface area contributed by atoms with E-state index >= 15 is 0 Å². The van der Waals surface area contributed by atoms with E-state index in [0.29, 0.717) is 5.92 Å². The number of aryl methyl sites for hydroxylation is 1. The first-order chi connectivity index (χ1) is 8.97. The largest absolute Gasteiger partial charge is 0.384 e. The minimum atomic E-state index is 0.147. The first kappa shape index (κ1) is 13.9. The van der Waals surface area contributed by atoms with E-state index in [1.165, 1.54) is 13.0 Å². The van der Waals surface area contributed by atoms with Crippen molar-refractivity contribution in [2.24, 2.45) is 11.7 Å². The van der Waals surface area contributed by atoms with Gasteiger partial charge in [-0.15, -0.1) is 0 Å². The number of nitrogens with two attached hydrogens (primary N) is 1. The molecule has 104 valence electrons. The van der Waals surface area contributed by atoms with Gasteiger partial charge in [-0.3, -0.25) is 5.41 Å². The fourth-order valence-electron chi connectivity index (χ4n) is 2.86. The van der Waals surface area contributed by atoms with Gasteiger partial charge in [-0.05, 0) is 45.0 Å². The molecule has 2 rings (SSSR count). The maximum Gasteiger partial charge on any atom is 0.124 e. The molecule has 3 N–H and O–H groups in total. The third-order valence-corrected chi connectivity index (χ3v) is 3.87. The van der Waals surface area contributed by atoms with Crippen molar-refractivity contribution >= 4 is 11.5 Å². The molecule has 0 spiro atoms. The van der Waals surface area contributed by atoms with E-state index in [1.54, 1.807) is 0 Å². The Morgan fingerprint density at radius 1 is 1.53 bits per heavy atom. The maximum absolute atomic E-state index is 7.73. The summed E-state index contributed by atoms with van der Waals surface area (Å²) in [6, 6.07) is 6.15. The summed E-state index contributed by atoms with van der Waals surface area (Å²) in [6.45, 7) is 5.40. The van der Waals surface area contributed by atoms with E-state index in [4.69, 9.17) is 11.1 Å². The Balaban J connectivity index is 2.14. The molecule has 1 aromatic rings.